The van der Waals surface area contributed by atoms with E-state index in [1.807, 2.05) is 42.5 Å². The molecule has 0 aliphatic heterocycles. The summed E-state index contributed by atoms with van der Waals surface area (Å²) in [6, 6.07) is 15.6. The minimum atomic E-state index is -0.0690. The Kier molecular flexibility index (Phi) is 5.39. The van der Waals surface area contributed by atoms with Crippen molar-refractivity contribution in [3.63, 3.8) is 0 Å². The van der Waals surface area contributed by atoms with Gasteiger partial charge >= 0.3 is 0 Å². The number of benzene rings is 2. The van der Waals surface area contributed by atoms with Gasteiger partial charge in [-0.25, -0.2) is 0 Å². The topological polar surface area (TPSA) is 41.1 Å². The van der Waals surface area contributed by atoms with Gasteiger partial charge in [0.15, 0.2) is 0 Å². The van der Waals surface area contributed by atoms with Crippen LogP contribution in [0.4, 0.5) is 11.4 Å². The number of amides is 1. The van der Waals surface area contributed by atoms with Gasteiger partial charge in [-0.15, -0.1) is 0 Å². The Bertz CT molecular complexity index is 626. The second-order valence-electron chi connectivity index (χ2n) is 5.12. The van der Waals surface area contributed by atoms with Crippen LogP contribution in [0.15, 0.2) is 53.0 Å². The zero-order valence-electron chi connectivity index (χ0n) is 12.2. The van der Waals surface area contributed by atoms with Gasteiger partial charge in [-0.1, -0.05) is 44.2 Å². The Morgan fingerprint density at radius 2 is 1.67 bits per heavy atom. The van der Waals surface area contributed by atoms with Crippen molar-refractivity contribution in [3.05, 3.63) is 58.6 Å². The highest BCUT2D eigenvalue weighted by Gasteiger charge is 2.08. The van der Waals surface area contributed by atoms with Gasteiger partial charge in [0.1, 0.15) is 0 Å². The fourth-order valence-corrected chi connectivity index (χ4v) is 2.48. The van der Waals surface area contributed by atoms with E-state index in [2.05, 4.69) is 46.5 Å². The van der Waals surface area contributed by atoms with Crippen molar-refractivity contribution in [2.24, 2.45) is 0 Å². The van der Waals surface area contributed by atoms with Crippen molar-refractivity contribution < 1.29 is 4.79 Å². The molecule has 2 rings (SSSR count). The third kappa shape index (κ3) is 4.33. The molecule has 1 amide bonds. The van der Waals surface area contributed by atoms with Gasteiger partial charge in [0, 0.05) is 10.2 Å². The van der Waals surface area contributed by atoms with Gasteiger partial charge in [-0.05, 0) is 45.6 Å². The molecule has 0 unspecified atom stereocenters. The van der Waals surface area contributed by atoms with Crippen LogP contribution in [0.25, 0.3) is 0 Å². The Morgan fingerprint density at radius 1 is 1.05 bits per heavy atom. The van der Waals surface area contributed by atoms with Crippen molar-refractivity contribution in [1.29, 1.82) is 0 Å². The number of nitrogens with one attached hydrogen (secondary N) is 2. The zero-order chi connectivity index (χ0) is 15.2. The van der Waals surface area contributed by atoms with Crippen LogP contribution in [0.2, 0.25) is 0 Å². The van der Waals surface area contributed by atoms with E-state index in [1.165, 1.54) is 5.56 Å². The minimum Gasteiger partial charge on any atom is -0.376 e. The van der Waals surface area contributed by atoms with E-state index >= 15 is 0 Å². The van der Waals surface area contributed by atoms with E-state index in [0.29, 0.717) is 5.92 Å². The molecular formula is C17H19BrN2O. The lowest BCUT2D eigenvalue weighted by molar-refractivity contribution is -0.114. The summed E-state index contributed by atoms with van der Waals surface area (Å²) in [5.74, 6) is 0.348. The van der Waals surface area contributed by atoms with Crippen LogP contribution in [0, 0.1) is 0 Å². The number of carbonyl (C=O) groups is 1. The Hall–Kier alpha value is -1.81. The van der Waals surface area contributed by atoms with E-state index in [4.69, 9.17) is 0 Å². The monoisotopic (exact) mass is 346 g/mol. The molecule has 2 aromatic rings. The summed E-state index contributed by atoms with van der Waals surface area (Å²) in [4.78, 5) is 12.0. The molecular weight excluding hydrogens is 328 g/mol. The molecule has 0 aliphatic carbocycles. The zero-order valence-corrected chi connectivity index (χ0v) is 13.8. The molecule has 0 atom stereocenters. The first kappa shape index (κ1) is 15.6. The van der Waals surface area contributed by atoms with Crippen LogP contribution in [0.5, 0.6) is 0 Å². The van der Waals surface area contributed by atoms with Gasteiger partial charge in [0.05, 0.1) is 12.2 Å². The number of hydrogen-bond donors (Lipinski definition) is 2. The number of anilines is 2. The summed E-state index contributed by atoms with van der Waals surface area (Å²) in [5.41, 5.74) is 3.00. The quantitative estimate of drug-likeness (QED) is 0.828. The first-order valence-electron chi connectivity index (χ1n) is 6.95. The Balaban J connectivity index is 1.97. The molecule has 0 saturated heterocycles. The number of carbonyl (C=O) groups excluding carboxylic acids is 1. The molecule has 110 valence electrons. The number of para-hydroxylation sites is 2. The molecule has 0 fully saturated rings. The van der Waals surface area contributed by atoms with Crippen molar-refractivity contribution >= 4 is 33.2 Å². The molecule has 2 N–H and O–H groups in total. The van der Waals surface area contributed by atoms with Gasteiger partial charge in [0.25, 0.3) is 0 Å². The van der Waals surface area contributed by atoms with Crippen molar-refractivity contribution in [2.45, 2.75) is 19.8 Å². The maximum absolute atomic E-state index is 12.0. The highest BCUT2D eigenvalue weighted by molar-refractivity contribution is 9.10. The molecule has 0 aliphatic rings. The molecule has 0 saturated carbocycles. The smallest absolute Gasteiger partial charge is 0.243 e. The van der Waals surface area contributed by atoms with Gasteiger partial charge < -0.3 is 10.6 Å². The average Bonchev–Trinajstić information content (AvgIpc) is 2.48. The lowest BCUT2D eigenvalue weighted by atomic mass is 10.0. The summed E-state index contributed by atoms with van der Waals surface area (Å²) >= 11 is 3.42. The summed E-state index contributed by atoms with van der Waals surface area (Å²) in [6.45, 7) is 4.52. The normalized spacial score (nSPS) is 10.5. The van der Waals surface area contributed by atoms with Crippen LogP contribution in [0.3, 0.4) is 0 Å². The molecule has 0 heterocycles. The Labute approximate surface area is 133 Å². The predicted molar refractivity (Wildman–Crippen MR) is 91.8 cm³/mol. The van der Waals surface area contributed by atoms with Crippen LogP contribution in [-0.4, -0.2) is 12.5 Å². The van der Waals surface area contributed by atoms with Crippen molar-refractivity contribution in [1.82, 2.24) is 0 Å². The van der Waals surface area contributed by atoms with E-state index in [0.717, 1.165) is 15.8 Å². The van der Waals surface area contributed by atoms with E-state index in [1.54, 1.807) is 0 Å². The fraction of sp³-hybridized carbons (Fsp3) is 0.235. The van der Waals surface area contributed by atoms with Gasteiger partial charge in [0.2, 0.25) is 5.91 Å². The second-order valence-corrected chi connectivity index (χ2v) is 5.98. The predicted octanol–water partition coefficient (Wildman–Crippen LogP) is 4.62. The third-order valence-corrected chi connectivity index (χ3v) is 3.86. The van der Waals surface area contributed by atoms with Crippen LogP contribution >= 0.6 is 15.9 Å². The van der Waals surface area contributed by atoms with Crippen molar-refractivity contribution in [2.75, 3.05) is 17.2 Å². The summed E-state index contributed by atoms with van der Waals surface area (Å²) in [7, 11) is 0. The molecule has 0 spiro atoms. The minimum absolute atomic E-state index is 0.0690. The largest absolute Gasteiger partial charge is 0.376 e. The summed E-state index contributed by atoms with van der Waals surface area (Å²) < 4.78 is 0.876. The fourth-order valence-electron chi connectivity index (χ4n) is 2.09. The first-order valence-corrected chi connectivity index (χ1v) is 7.74. The molecule has 0 radical (unpaired) electrons. The molecule has 4 heteroatoms. The van der Waals surface area contributed by atoms with Crippen molar-refractivity contribution in [3.8, 4) is 0 Å². The van der Waals surface area contributed by atoms with Crippen LogP contribution < -0.4 is 10.6 Å². The average molecular weight is 347 g/mol. The van der Waals surface area contributed by atoms with Gasteiger partial charge in [-0.2, -0.15) is 0 Å². The SMILES string of the molecule is CC(C)c1ccccc1NCC(=O)Nc1ccccc1Br. The second kappa shape index (κ2) is 7.27. The Morgan fingerprint density at radius 3 is 2.33 bits per heavy atom. The highest BCUT2D eigenvalue weighted by atomic mass is 79.9. The standard InChI is InChI=1S/C17H19BrN2O/c1-12(2)13-7-3-5-9-15(13)19-11-17(21)20-16-10-6-4-8-14(16)18/h3-10,12,19H,11H2,1-2H3,(H,20,21). The molecule has 21 heavy (non-hydrogen) atoms. The molecule has 2 aromatic carbocycles. The van der Waals surface area contributed by atoms with Gasteiger partial charge in [-0.3, -0.25) is 4.79 Å². The lowest BCUT2D eigenvalue weighted by Crippen LogP contribution is -2.22. The molecule has 0 bridgehead atoms. The number of rotatable bonds is 5. The molecule has 0 aromatic heterocycles. The third-order valence-electron chi connectivity index (χ3n) is 3.17. The van der Waals surface area contributed by atoms with Crippen LogP contribution in [-0.2, 0) is 4.79 Å². The lowest BCUT2D eigenvalue weighted by Gasteiger charge is -2.14. The van der Waals surface area contributed by atoms with E-state index in [-0.39, 0.29) is 12.5 Å². The van der Waals surface area contributed by atoms with E-state index in [9.17, 15) is 4.79 Å². The van der Waals surface area contributed by atoms with E-state index < -0.39 is 0 Å². The summed E-state index contributed by atoms with van der Waals surface area (Å²) in [5, 5.41) is 6.09. The maximum atomic E-state index is 12.0. The number of hydrogen-bond acceptors (Lipinski definition) is 2. The maximum Gasteiger partial charge on any atom is 0.243 e. The highest BCUT2D eigenvalue weighted by Crippen LogP contribution is 2.24. The first-order chi connectivity index (χ1) is 10.1. The van der Waals surface area contributed by atoms with Crippen LogP contribution in [0.1, 0.15) is 25.3 Å². The molecule has 3 nitrogen and oxygen atoms in total. The number of halogens is 1. The summed E-state index contributed by atoms with van der Waals surface area (Å²) in [6.07, 6.45) is 0.